The van der Waals surface area contributed by atoms with E-state index < -0.39 is 0 Å². The van der Waals surface area contributed by atoms with E-state index in [0.29, 0.717) is 0 Å². The number of thioether (sulfide) groups is 1. The molecule has 0 aromatic heterocycles. The van der Waals surface area contributed by atoms with Crippen molar-refractivity contribution < 1.29 is 9.53 Å². The Morgan fingerprint density at radius 1 is 1.56 bits per heavy atom. The topological polar surface area (TPSA) is 38.3 Å². The molecule has 0 saturated heterocycles. The zero-order chi connectivity index (χ0) is 13.0. The molecule has 1 fully saturated rings. The van der Waals surface area contributed by atoms with Gasteiger partial charge in [0, 0.05) is 17.5 Å². The molecule has 1 aromatic carbocycles. The lowest BCUT2D eigenvalue weighted by Gasteiger charge is -2.10. The summed E-state index contributed by atoms with van der Waals surface area (Å²) in [6, 6.07) is 9.04. The number of hydrogen-bond donors (Lipinski definition) is 1. The van der Waals surface area contributed by atoms with Crippen molar-refractivity contribution >= 4 is 17.7 Å². The fourth-order valence-electron chi connectivity index (χ4n) is 1.70. The number of esters is 1. The number of carbonyl (C=O) groups excluding carboxylic acids is 1. The summed E-state index contributed by atoms with van der Waals surface area (Å²) in [6.45, 7) is 2.78. The average molecular weight is 265 g/mol. The Morgan fingerprint density at radius 2 is 2.33 bits per heavy atom. The van der Waals surface area contributed by atoms with Gasteiger partial charge in [-0.2, -0.15) is 0 Å². The monoisotopic (exact) mass is 265 g/mol. The van der Waals surface area contributed by atoms with Crippen molar-refractivity contribution in [2.75, 3.05) is 7.11 Å². The molecule has 1 unspecified atom stereocenters. The molecule has 98 valence electrons. The van der Waals surface area contributed by atoms with E-state index in [1.807, 2.05) is 19.1 Å². The van der Waals surface area contributed by atoms with E-state index in [4.69, 9.17) is 4.74 Å². The molecule has 0 spiro atoms. The van der Waals surface area contributed by atoms with Crippen LogP contribution in [0.2, 0.25) is 0 Å². The minimum atomic E-state index is -0.179. The molecule has 1 N–H and O–H groups in total. The van der Waals surface area contributed by atoms with Crippen LogP contribution < -0.4 is 5.32 Å². The highest BCUT2D eigenvalue weighted by Crippen LogP contribution is 2.25. The zero-order valence-corrected chi connectivity index (χ0v) is 11.6. The van der Waals surface area contributed by atoms with Gasteiger partial charge < -0.3 is 10.1 Å². The maximum Gasteiger partial charge on any atom is 0.318 e. The van der Waals surface area contributed by atoms with Crippen LogP contribution in [0, 0.1) is 0 Å². The summed E-state index contributed by atoms with van der Waals surface area (Å²) in [5, 5.41) is 3.32. The molecule has 0 radical (unpaired) electrons. The van der Waals surface area contributed by atoms with Gasteiger partial charge in [0.05, 0.1) is 7.11 Å². The van der Waals surface area contributed by atoms with E-state index in [2.05, 4.69) is 17.4 Å². The number of methoxy groups -OCH3 is 1. The van der Waals surface area contributed by atoms with Crippen molar-refractivity contribution in [1.29, 1.82) is 0 Å². The summed E-state index contributed by atoms with van der Waals surface area (Å²) in [4.78, 5) is 12.5. The first-order chi connectivity index (χ1) is 8.69. The molecule has 0 heterocycles. The van der Waals surface area contributed by atoms with Crippen molar-refractivity contribution in [1.82, 2.24) is 5.32 Å². The highest BCUT2D eigenvalue weighted by atomic mass is 32.2. The number of hydrogen-bond acceptors (Lipinski definition) is 4. The van der Waals surface area contributed by atoms with E-state index >= 15 is 0 Å². The summed E-state index contributed by atoms with van der Waals surface area (Å²) in [5.74, 6) is -0.179. The summed E-state index contributed by atoms with van der Waals surface area (Å²) < 4.78 is 4.73. The lowest BCUT2D eigenvalue weighted by atomic mass is 10.2. The number of nitrogens with one attached hydrogen (secondary N) is 1. The van der Waals surface area contributed by atoms with Crippen LogP contribution in [0.1, 0.15) is 25.3 Å². The number of rotatable bonds is 6. The Balaban J connectivity index is 1.91. The molecular formula is C14H19NO2S. The highest BCUT2D eigenvalue weighted by Gasteiger charge is 2.20. The molecule has 4 heteroatoms. The third kappa shape index (κ3) is 4.03. The van der Waals surface area contributed by atoms with Crippen LogP contribution in [-0.2, 0) is 16.1 Å². The van der Waals surface area contributed by atoms with Crippen molar-refractivity contribution in [3.8, 4) is 0 Å². The normalized spacial score (nSPS) is 16.3. The molecule has 1 aliphatic carbocycles. The Labute approximate surface area is 112 Å². The molecule has 1 atom stereocenters. The molecule has 0 aliphatic heterocycles. The van der Waals surface area contributed by atoms with Crippen LogP contribution in [0.25, 0.3) is 0 Å². The number of benzene rings is 1. The van der Waals surface area contributed by atoms with Crippen LogP contribution in [0.5, 0.6) is 0 Å². The highest BCUT2D eigenvalue weighted by molar-refractivity contribution is 8.00. The van der Waals surface area contributed by atoms with Crippen LogP contribution in [0.15, 0.2) is 29.2 Å². The largest absolute Gasteiger partial charge is 0.468 e. The SMILES string of the molecule is COC(=O)C(C)Sc1cccc(CNC2CC2)c1. The summed E-state index contributed by atoms with van der Waals surface area (Å²) in [5.41, 5.74) is 1.27. The Bertz CT molecular complexity index is 418. The Kier molecular flexibility index (Phi) is 4.66. The van der Waals surface area contributed by atoms with Gasteiger partial charge in [-0.25, -0.2) is 0 Å². The quantitative estimate of drug-likeness (QED) is 0.634. The molecule has 0 amide bonds. The predicted octanol–water partition coefficient (Wildman–Crippen LogP) is 2.59. The average Bonchev–Trinajstić information content (AvgIpc) is 3.20. The van der Waals surface area contributed by atoms with E-state index in [9.17, 15) is 4.79 Å². The van der Waals surface area contributed by atoms with E-state index in [0.717, 1.165) is 17.5 Å². The minimum Gasteiger partial charge on any atom is -0.468 e. The molecular weight excluding hydrogens is 246 g/mol. The minimum absolute atomic E-state index is 0.165. The fraction of sp³-hybridized carbons (Fsp3) is 0.500. The number of carbonyl (C=O) groups is 1. The first kappa shape index (κ1) is 13.4. The smallest absolute Gasteiger partial charge is 0.318 e. The summed E-state index contributed by atoms with van der Waals surface area (Å²) in [6.07, 6.45) is 2.60. The molecule has 1 aromatic rings. The molecule has 18 heavy (non-hydrogen) atoms. The van der Waals surface area contributed by atoms with Crippen molar-refractivity contribution in [2.45, 2.75) is 42.5 Å². The van der Waals surface area contributed by atoms with Crippen molar-refractivity contribution in [3.05, 3.63) is 29.8 Å². The molecule has 1 aliphatic rings. The second-order valence-electron chi connectivity index (χ2n) is 4.59. The lowest BCUT2D eigenvalue weighted by molar-refractivity contribution is -0.139. The summed E-state index contributed by atoms with van der Waals surface area (Å²) >= 11 is 1.54. The van der Waals surface area contributed by atoms with Gasteiger partial charge in [0.2, 0.25) is 0 Å². The van der Waals surface area contributed by atoms with Gasteiger partial charge in [0.15, 0.2) is 0 Å². The van der Waals surface area contributed by atoms with Crippen LogP contribution >= 0.6 is 11.8 Å². The van der Waals surface area contributed by atoms with Crippen molar-refractivity contribution in [3.63, 3.8) is 0 Å². The molecule has 2 rings (SSSR count). The van der Waals surface area contributed by atoms with Gasteiger partial charge in [-0.15, -0.1) is 11.8 Å². The van der Waals surface area contributed by atoms with Crippen LogP contribution in [-0.4, -0.2) is 24.4 Å². The van der Waals surface area contributed by atoms with E-state index in [1.54, 1.807) is 0 Å². The Hall–Kier alpha value is -1.00. The van der Waals surface area contributed by atoms with E-state index in [1.165, 1.54) is 37.3 Å². The maximum absolute atomic E-state index is 11.4. The van der Waals surface area contributed by atoms with Gasteiger partial charge >= 0.3 is 5.97 Å². The van der Waals surface area contributed by atoms with Crippen molar-refractivity contribution in [2.24, 2.45) is 0 Å². The van der Waals surface area contributed by atoms with Crippen LogP contribution in [0.3, 0.4) is 0 Å². The van der Waals surface area contributed by atoms with Gasteiger partial charge in [0.25, 0.3) is 0 Å². The van der Waals surface area contributed by atoms with Gasteiger partial charge in [0.1, 0.15) is 5.25 Å². The summed E-state index contributed by atoms with van der Waals surface area (Å²) in [7, 11) is 1.43. The second-order valence-corrected chi connectivity index (χ2v) is 6.00. The van der Waals surface area contributed by atoms with Gasteiger partial charge in [-0.3, -0.25) is 4.79 Å². The third-order valence-electron chi connectivity index (χ3n) is 2.92. The second kappa shape index (κ2) is 6.25. The zero-order valence-electron chi connectivity index (χ0n) is 10.8. The third-order valence-corrected chi connectivity index (χ3v) is 3.99. The lowest BCUT2D eigenvalue weighted by Crippen LogP contribution is -2.16. The fourth-order valence-corrected chi connectivity index (χ4v) is 2.67. The van der Waals surface area contributed by atoms with E-state index in [-0.39, 0.29) is 11.2 Å². The standard InChI is InChI=1S/C14H19NO2S/c1-10(14(16)17-2)18-13-5-3-4-11(8-13)9-15-12-6-7-12/h3-5,8,10,12,15H,6-7,9H2,1-2H3. The van der Waals surface area contributed by atoms with Gasteiger partial charge in [-0.05, 0) is 37.5 Å². The number of ether oxygens (including phenoxy) is 1. The first-order valence-corrected chi connectivity index (χ1v) is 7.14. The molecule has 1 saturated carbocycles. The molecule has 3 nitrogen and oxygen atoms in total. The Morgan fingerprint density at radius 3 is 3.00 bits per heavy atom. The first-order valence-electron chi connectivity index (χ1n) is 6.26. The predicted molar refractivity (Wildman–Crippen MR) is 73.6 cm³/mol. The molecule has 0 bridgehead atoms. The van der Waals surface area contributed by atoms with Gasteiger partial charge in [-0.1, -0.05) is 12.1 Å². The maximum atomic E-state index is 11.4. The van der Waals surface area contributed by atoms with Crippen LogP contribution in [0.4, 0.5) is 0 Å².